The van der Waals surface area contributed by atoms with Crippen molar-refractivity contribution >= 4 is 11.9 Å². The molecule has 16 heavy (non-hydrogen) atoms. The molecule has 0 amide bonds. The molecule has 0 aliphatic carbocycles. The minimum Gasteiger partial charge on any atom is -0.388 e. The lowest BCUT2D eigenvalue weighted by molar-refractivity contribution is 0.905. The van der Waals surface area contributed by atoms with Crippen LogP contribution in [0.4, 0.5) is 0 Å². The molecule has 0 aliphatic heterocycles. The number of allylic oxidation sites excluding steroid dienone is 1. The van der Waals surface area contributed by atoms with Gasteiger partial charge < -0.3 is 10.7 Å². The smallest absolute Gasteiger partial charge is 0.0429 e. The van der Waals surface area contributed by atoms with Crippen molar-refractivity contribution < 1.29 is 0 Å². The normalized spacial score (nSPS) is 11.3. The van der Waals surface area contributed by atoms with E-state index in [4.69, 9.17) is 5.41 Å². The molecule has 0 aromatic heterocycles. The van der Waals surface area contributed by atoms with Gasteiger partial charge in [-0.1, -0.05) is 31.5 Å². The number of hydrogen-bond acceptors (Lipinski definition) is 2. The molecule has 1 aromatic rings. The summed E-state index contributed by atoms with van der Waals surface area (Å²) in [6, 6.07) is 6.33. The molecular weight excluding hydrogens is 196 g/mol. The van der Waals surface area contributed by atoms with Gasteiger partial charge in [0.05, 0.1) is 0 Å². The van der Waals surface area contributed by atoms with Gasteiger partial charge in [0, 0.05) is 24.5 Å². The summed E-state index contributed by atoms with van der Waals surface area (Å²) in [6.45, 7) is 4.34. The quantitative estimate of drug-likeness (QED) is 0.729. The second-order valence-corrected chi connectivity index (χ2v) is 3.85. The average molecular weight is 216 g/mol. The van der Waals surface area contributed by atoms with Crippen molar-refractivity contribution in [2.24, 2.45) is 0 Å². The second kappa shape index (κ2) is 6.11. The molecule has 0 fully saturated rings. The van der Waals surface area contributed by atoms with E-state index < -0.39 is 0 Å². The molecule has 2 N–H and O–H groups in total. The Hall–Kier alpha value is -1.57. The van der Waals surface area contributed by atoms with Gasteiger partial charge in [-0.3, -0.25) is 0 Å². The Balaban J connectivity index is 3.25. The molecule has 0 aliphatic rings. The molecule has 1 rings (SSSR count). The Labute approximate surface area is 97.9 Å². The van der Waals surface area contributed by atoms with Crippen molar-refractivity contribution in [1.29, 1.82) is 5.41 Å². The molecule has 0 atom stereocenters. The van der Waals surface area contributed by atoms with Gasteiger partial charge in [0.15, 0.2) is 0 Å². The molecule has 0 spiro atoms. The number of aryl methyl sites for hydroxylation is 1. The maximum Gasteiger partial charge on any atom is 0.0429 e. The first kappa shape index (κ1) is 12.5. The van der Waals surface area contributed by atoms with Crippen LogP contribution in [0.1, 0.15) is 30.0 Å². The van der Waals surface area contributed by atoms with Crippen molar-refractivity contribution in [3.8, 4) is 0 Å². The minimum atomic E-state index is 1.02. The maximum absolute atomic E-state index is 7.17. The Morgan fingerprint density at radius 1 is 1.44 bits per heavy atom. The monoisotopic (exact) mass is 216 g/mol. The molecule has 2 heteroatoms. The third-order valence-corrected chi connectivity index (χ3v) is 2.72. The van der Waals surface area contributed by atoms with Crippen LogP contribution in [0.2, 0.25) is 0 Å². The lowest BCUT2D eigenvalue weighted by Gasteiger charge is -2.14. The summed E-state index contributed by atoms with van der Waals surface area (Å²) in [7, 11) is 1.90. The zero-order valence-corrected chi connectivity index (χ0v) is 10.3. The third-order valence-electron chi connectivity index (χ3n) is 2.72. The molecule has 0 bridgehead atoms. The summed E-state index contributed by atoms with van der Waals surface area (Å²) in [5.41, 5.74) is 4.94. The first-order chi connectivity index (χ1) is 7.74. The molecule has 0 saturated carbocycles. The average Bonchev–Trinajstić information content (AvgIpc) is 2.29. The van der Waals surface area contributed by atoms with Crippen LogP contribution in [0.5, 0.6) is 0 Å². The van der Waals surface area contributed by atoms with Crippen LogP contribution < -0.4 is 5.32 Å². The van der Waals surface area contributed by atoms with E-state index in [-0.39, 0.29) is 0 Å². The summed E-state index contributed by atoms with van der Waals surface area (Å²) in [5, 5.41) is 10.3. The van der Waals surface area contributed by atoms with E-state index in [0.29, 0.717) is 0 Å². The van der Waals surface area contributed by atoms with E-state index in [2.05, 4.69) is 37.4 Å². The van der Waals surface area contributed by atoms with E-state index >= 15 is 0 Å². The standard InChI is InChI=1S/C14H20N2/c1-4-6-12-11(2)7-5-8-13(12)14(16-3)9-10-15/h5,7-10,15-16H,4,6H2,1-3H3/b14-9-,15-10?. The predicted octanol–water partition coefficient (Wildman–Crippen LogP) is 3.16. The van der Waals surface area contributed by atoms with Gasteiger partial charge >= 0.3 is 0 Å². The SMILES string of the molecule is CCCc1c(C)cccc1/C(=C/C=N)NC. The van der Waals surface area contributed by atoms with Crippen LogP contribution in [-0.4, -0.2) is 13.3 Å². The Morgan fingerprint density at radius 3 is 2.75 bits per heavy atom. The topological polar surface area (TPSA) is 35.9 Å². The molecule has 86 valence electrons. The Bertz CT molecular complexity index is 392. The molecule has 0 saturated heterocycles. The Morgan fingerprint density at radius 2 is 2.19 bits per heavy atom. The van der Waals surface area contributed by atoms with Crippen molar-refractivity contribution in [2.75, 3.05) is 7.05 Å². The van der Waals surface area contributed by atoms with E-state index in [9.17, 15) is 0 Å². The summed E-state index contributed by atoms with van der Waals surface area (Å²) in [5.74, 6) is 0. The summed E-state index contributed by atoms with van der Waals surface area (Å²) >= 11 is 0. The summed E-state index contributed by atoms with van der Waals surface area (Å²) < 4.78 is 0. The van der Waals surface area contributed by atoms with E-state index in [0.717, 1.165) is 18.5 Å². The van der Waals surface area contributed by atoms with E-state index in [1.54, 1.807) is 6.08 Å². The minimum absolute atomic E-state index is 1.02. The highest BCUT2D eigenvalue weighted by molar-refractivity contribution is 5.83. The van der Waals surface area contributed by atoms with Gasteiger partial charge in [-0.25, -0.2) is 0 Å². The fourth-order valence-corrected chi connectivity index (χ4v) is 1.93. The van der Waals surface area contributed by atoms with Gasteiger partial charge in [0.1, 0.15) is 0 Å². The van der Waals surface area contributed by atoms with Crippen molar-refractivity contribution in [3.63, 3.8) is 0 Å². The van der Waals surface area contributed by atoms with Crippen LogP contribution in [-0.2, 0) is 6.42 Å². The summed E-state index contributed by atoms with van der Waals surface area (Å²) in [4.78, 5) is 0. The first-order valence-corrected chi connectivity index (χ1v) is 5.72. The molecule has 0 heterocycles. The lowest BCUT2D eigenvalue weighted by Crippen LogP contribution is -2.08. The molecule has 2 nitrogen and oxygen atoms in total. The second-order valence-electron chi connectivity index (χ2n) is 3.85. The summed E-state index contributed by atoms with van der Waals surface area (Å²) in [6.07, 6.45) is 5.34. The van der Waals surface area contributed by atoms with Gasteiger partial charge in [-0.15, -0.1) is 0 Å². The molecule has 1 aromatic carbocycles. The van der Waals surface area contributed by atoms with E-state index in [1.807, 2.05) is 7.05 Å². The van der Waals surface area contributed by atoms with Gasteiger partial charge in [0.2, 0.25) is 0 Å². The number of rotatable bonds is 5. The molecular formula is C14H20N2. The van der Waals surface area contributed by atoms with Crippen LogP contribution in [0.25, 0.3) is 5.70 Å². The van der Waals surface area contributed by atoms with Crippen molar-refractivity contribution in [1.82, 2.24) is 5.32 Å². The fourth-order valence-electron chi connectivity index (χ4n) is 1.93. The van der Waals surface area contributed by atoms with Gasteiger partial charge in [-0.2, -0.15) is 0 Å². The first-order valence-electron chi connectivity index (χ1n) is 5.72. The highest BCUT2D eigenvalue weighted by atomic mass is 14.8. The van der Waals surface area contributed by atoms with Crippen LogP contribution in [0, 0.1) is 12.3 Å². The highest BCUT2D eigenvalue weighted by Crippen LogP contribution is 2.21. The van der Waals surface area contributed by atoms with Crippen LogP contribution in [0.3, 0.4) is 0 Å². The number of hydrogen-bond donors (Lipinski definition) is 2. The van der Waals surface area contributed by atoms with E-state index in [1.165, 1.54) is 22.9 Å². The maximum atomic E-state index is 7.17. The molecule has 0 unspecified atom stereocenters. The third kappa shape index (κ3) is 2.72. The van der Waals surface area contributed by atoms with Crippen LogP contribution in [0.15, 0.2) is 24.3 Å². The van der Waals surface area contributed by atoms with Gasteiger partial charge in [-0.05, 0) is 30.5 Å². The van der Waals surface area contributed by atoms with Crippen molar-refractivity contribution in [3.05, 3.63) is 41.0 Å². The largest absolute Gasteiger partial charge is 0.388 e. The fraction of sp³-hybridized carbons (Fsp3) is 0.357. The van der Waals surface area contributed by atoms with Crippen LogP contribution >= 0.6 is 0 Å². The van der Waals surface area contributed by atoms with Gasteiger partial charge in [0.25, 0.3) is 0 Å². The van der Waals surface area contributed by atoms with Crippen molar-refractivity contribution in [2.45, 2.75) is 26.7 Å². The highest BCUT2D eigenvalue weighted by Gasteiger charge is 2.07. The number of nitrogens with one attached hydrogen (secondary N) is 2. The predicted molar refractivity (Wildman–Crippen MR) is 71.0 cm³/mol. The molecule has 0 radical (unpaired) electrons. The Kier molecular flexibility index (Phi) is 4.77. The zero-order valence-electron chi connectivity index (χ0n) is 10.3. The zero-order chi connectivity index (χ0) is 12.0. The number of benzene rings is 1. The lowest BCUT2D eigenvalue weighted by atomic mass is 9.96.